The summed E-state index contributed by atoms with van der Waals surface area (Å²) in [4.78, 5) is 25.7. The van der Waals surface area contributed by atoms with Gasteiger partial charge in [-0.3, -0.25) is 4.79 Å². The van der Waals surface area contributed by atoms with Gasteiger partial charge in [0.2, 0.25) is 0 Å². The fourth-order valence-electron chi connectivity index (χ4n) is 2.32. The van der Waals surface area contributed by atoms with Crippen molar-refractivity contribution in [3.05, 3.63) is 58.1 Å². The van der Waals surface area contributed by atoms with Crippen molar-refractivity contribution in [3.8, 4) is 0 Å². The predicted octanol–water partition coefficient (Wildman–Crippen LogP) is 5.52. The molecule has 0 bridgehead atoms. The van der Waals surface area contributed by atoms with Gasteiger partial charge >= 0.3 is 6.09 Å². The standard InChI is InChI=1S/C18H17Cl2NO3S/c1-10-8-12(15(20)17(22)21(3)18(23)24)9-11(2)16(10)25-14-6-4-13(19)5-7-14/h4-9,15H,1-3H3,(H,23,24). The number of carboxylic acid groups (broad SMARTS) is 1. The molecule has 2 rings (SSSR count). The van der Waals surface area contributed by atoms with Crippen molar-refractivity contribution in [2.24, 2.45) is 0 Å². The number of alkyl halides is 1. The van der Waals surface area contributed by atoms with Crippen LogP contribution in [0.3, 0.4) is 0 Å². The van der Waals surface area contributed by atoms with Gasteiger partial charge in [0.25, 0.3) is 5.91 Å². The first kappa shape index (κ1) is 19.6. The second kappa shape index (κ2) is 8.13. The fraction of sp³-hybridized carbons (Fsp3) is 0.222. The maximum absolute atomic E-state index is 12.1. The summed E-state index contributed by atoms with van der Waals surface area (Å²) in [6.45, 7) is 3.87. The van der Waals surface area contributed by atoms with Crippen LogP contribution in [0.1, 0.15) is 22.1 Å². The Morgan fingerprint density at radius 2 is 1.64 bits per heavy atom. The van der Waals surface area contributed by atoms with Crippen molar-refractivity contribution in [2.45, 2.75) is 29.0 Å². The van der Waals surface area contributed by atoms with Gasteiger partial charge in [-0.2, -0.15) is 0 Å². The van der Waals surface area contributed by atoms with E-state index in [4.69, 9.17) is 28.3 Å². The number of amides is 2. The van der Waals surface area contributed by atoms with Gasteiger partial charge in [0.1, 0.15) is 5.38 Å². The third-order valence-corrected chi connectivity index (χ3v) is 5.69. The molecule has 0 aliphatic heterocycles. The topological polar surface area (TPSA) is 57.6 Å². The van der Waals surface area contributed by atoms with Crippen molar-refractivity contribution in [1.29, 1.82) is 0 Å². The minimum Gasteiger partial charge on any atom is -0.465 e. The zero-order valence-electron chi connectivity index (χ0n) is 13.9. The first-order valence-corrected chi connectivity index (χ1v) is 9.03. The molecule has 2 amide bonds. The van der Waals surface area contributed by atoms with Crippen LogP contribution in [0.5, 0.6) is 0 Å². The summed E-state index contributed by atoms with van der Waals surface area (Å²) < 4.78 is 0. The van der Waals surface area contributed by atoms with Gasteiger partial charge in [0.15, 0.2) is 0 Å². The molecule has 1 N–H and O–H groups in total. The van der Waals surface area contributed by atoms with E-state index >= 15 is 0 Å². The van der Waals surface area contributed by atoms with Gasteiger partial charge in [0.05, 0.1) is 0 Å². The van der Waals surface area contributed by atoms with Gasteiger partial charge in [-0.05, 0) is 54.8 Å². The van der Waals surface area contributed by atoms with E-state index in [9.17, 15) is 9.59 Å². The van der Waals surface area contributed by atoms with Crippen LogP contribution < -0.4 is 0 Å². The van der Waals surface area contributed by atoms with E-state index in [0.717, 1.165) is 20.9 Å². The molecule has 1 atom stereocenters. The summed E-state index contributed by atoms with van der Waals surface area (Å²) in [5.74, 6) is -0.675. The van der Waals surface area contributed by atoms with E-state index in [-0.39, 0.29) is 0 Å². The number of hydrogen-bond acceptors (Lipinski definition) is 3. The number of benzene rings is 2. The lowest BCUT2D eigenvalue weighted by Crippen LogP contribution is -2.34. The SMILES string of the molecule is Cc1cc(C(Cl)C(=O)N(C)C(=O)O)cc(C)c1Sc1ccc(Cl)cc1. The molecule has 4 nitrogen and oxygen atoms in total. The number of nitrogens with zero attached hydrogens (tertiary/aromatic N) is 1. The highest BCUT2D eigenvalue weighted by Crippen LogP contribution is 2.36. The molecule has 0 saturated heterocycles. The molecule has 25 heavy (non-hydrogen) atoms. The summed E-state index contributed by atoms with van der Waals surface area (Å²) in [6, 6.07) is 11.2. The first-order chi connectivity index (χ1) is 11.7. The highest BCUT2D eigenvalue weighted by atomic mass is 35.5. The van der Waals surface area contributed by atoms with Crippen LogP contribution in [0.15, 0.2) is 46.2 Å². The third kappa shape index (κ3) is 4.69. The number of imide groups is 1. The number of carbonyl (C=O) groups excluding carboxylic acids is 1. The van der Waals surface area contributed by atoms with Crippen LogP contribution in [-0.4, -0.2) is 29.1 Å². The van der Waals surface area contributed by atoms with Crippen LogP contribution in [0.25, 0.3) is 0 Å². The smallest absolute Gasteiger partial charge is 0.413 e. The van der Waals surface area contributed by atoms with E-state index in [1.54, 1.807) is 11.8 Å². The molecule has 0 spiro atoms. The Kier molecular flexibility index (Phi) is 6.38. The normalized spacial score (nSPS) is 11.9. The lowest BCUT2D eigenvalue weighted by atomic mass is 10.0. The Bertz CT molecular complexity index is 785. The van der Waals surface area contributed by atoms with Gasteiger partial charge in [0, 0.05) is 21.9 Å². The number of rotatable bonds is 4. The number of hydrogen-bond donors (Lipinski definition) is 1. The molecule has 0 heterocycles. The second-order valence-electron chi connectivity index (χ2n) is 5.58. The van der Waals surface area contributed by atoms with Crippen molar-refractivity contribution in [2.75, 3.05) is 7.05 Å². The van der Waals surface area contributed by atoms with E-state index in [1.165, 1.54) is 7.05 Å². The zero-order chi connectivity index (χ0) is 18.7. The molecule has 0 fully saturated rings. The number of aryl methyl sites for hydroxylation is 2. The quantitative estimate of drug-likeness (QED) is 0.689. The van der Waals surface area contributed by atoms with Gasteiger partial charge < -0.3 is 5.11 Å². The average molecular weight is 398 g/mol. The van der Waals surface area contributed by atoms with Crippen molar-refractivity contribution < 1.29 is 14.7 Å². The van der Waals surface area contributed by atoms with Crippen LogP contribution >= 0.6 is 35.0 Å². The minimum atomic E-state index is -1.33. The summed E-state index contributed by atoms with van der Waals surface area (Å²) in [5.41, 5.74) is 2.51. The van der Waals surface area contributed by atoms with Crippen LogP contribution in [-0.2, 0) is 4.79 Å². The largest absolute Gasteiger partial charge is 0.465 e. The van der Waals surface area contributed by atoms with Gasteiger partial charge in [-0.25, -0.2) is 9.69 Å². The highest BCUT2D eigenvalue weighted by Gasteiger charge is 2.26. The van der Waals surface area contributed by atoms with Crippen LogP contribution in [0.2, 0.25) is 5.02 Å². The minimum absolute atomic E-state index is 0.579. The van der Waals surface area contributed by atoms with Crippen LogP contribution in [0.4, 0.5) is 4.79 Å². The van der Waals surface area contributed by atoms with E-state index < -0.39 is 17.4 Å². The Morgan fingerprint density at radius 1 is 1.12 bits per heavy atom. The van der Waals surface area contributed by atoms with Crippen molar-refractivity contribution >= 4 is 47.0 Å². The molecule has 2 aromatic carbocycles. The van der Waals surface area contributed by atoms with E-state index in [0.29, 0.717) is 15.5 Å². The lowest BCUT2D eigenvalue weighted by Gasteiger charge is -2.18. The van der Waals surface area contributed by atoms with Crippen molar-refractivity contribution in [1.82, 2.24) is 4.90 Å². The average Bonchev–Trinajstić information content (AvgIpc) is 2.57. The summed E-state index contributed by atoms with van der Waals surface area (Å²) in [5, 5.41) is 8.55. The molecule has 0 aliphatic carbocycles. The Hall–Kier alpha value is -1.69. The molecule has 0 radical (unpaired) electrons. The second-order valence-corrected chi connectivity index (χ2v) is 7.54. The molecule has 132 valence electrons. The maximum Gasteiger partial charge on any atom is 0.413 e. The maximum atomic E-state index is 12.1. The molecule has 7 heteroatoms. The predicted molar refractivity (Wildman–Crippen MR) is 101 cm³/mol. The third-order valence-electron chi connectivity index (χ3n) is 3.64. The van der Waals surface area contributed by atoms with E-state index in [1.807, 2.05) is 50.2 Å². The first-order valence-electron chi connectivity index (χ1n) is 7.40. The molecule has 2 aromatic rings. The molecule has 0 aromatic heterocycles. The monoisotopic (exact) mass is 397 g/mol. The molecule has 0 aliphatic rings. The number of carbonyl (C=O) groups is 2. The molecular weight excluding hydrogens is 381 g/mol. The highest BCUT2D eigenvalue weighted by molar-refractivity contribution is 7.99. The lowest BCUT2D eigenvalue weighted by molar-refractivity contribution is -0.127. The number of likely N-dealkylation sites (N-methyl/N-ethyl adjacent to an activating group) is 1. The van der Waals surface area contributed by atoms with Crippen LogP contribution in [0, 0.1) is 13.8 Å². The molecular formula is C18H17Cl2NO3S. The molecule has 0 saturated carbocycles. The molecule has 1 unspecified atom stereocenters. The summed E-state index contributed by atoms with van der Waals surface area (Å²) in [6.07, 6.45) is -1.33. The van der Waals surface area contributed by atoms with Gasteiger partial charge in [-0.15, -0.1) is 11.6 Å². The summed E-state index contributed by atoms with van der Waals surface area (Å²) in [7, 11) is 1.19. The van der Waals surface area contributed by atoms with Crippen molar-refractivity contribution in [3.63, 3.8) is 0 Å². The zero-order valence-corrected chi connectivity index (χ0v) is 16.2. The fourth-order valence-corrected chi connectivity index (χ4v) is 3.66. The number of halogens is 2. The van der Waals surface area contributed by atoms with Gasteiger partial charge in [-0.1, -0.05) is 35.5 Å². The Labute approximate surface area is 160 Å². The van der Waals surface area contributed by atoms with E-state index in [2.05, 4.69) is 0 Å². The summed E-state index contributed by atoms with van der Waals surface area (Å²) >= 11 is 13.7. The Morgan fingerprint density at radius 3 is 2.12 bits per heavy atom. The Balaban J connectivity index is 2.28.